The van der Waals surface area contributed by atoms with Gasteiger partial charge in [0, 0.05) is 5.02 Å². The Hall–Kier alpha value is -2.33. The number of carbonyl (C=O) groups is 2. The third-order valence-electron chi connectivity index (χ3n) is 4.03. The Morgan fingerprint density at radius 3 is 2.52 bits per heavy atom. The van der Waals surface area contributed by atoms with Gasteiger partial charge < -0.3 is 15.6 Å². The van der Waals surface area contributed by atoms with Gasteiger partial charge in [0.2, 0.25) is 11.8 Å². The molecule has 0 bridgehead atoms. The first-order valence-electron chi connectivity index (χ1n) is 8.77. The van der Waals surface area contributed by atoms with Gasteiger partial charge in [0.15, 0.2) is 6.61 Å². The molecule has 168 valence electrons. The minimum Gasteiger partial charge on any atom is -0.479 e. The van der Waals surface area contributed by atoms with Crippen LogP contribution in [-0.4, -0.2) is 40.2 Å². The summed E-state index contributed by atoms with van der Waals surface area (Å²) in [5.41, 5.74) is 5.54. The highest BCUT2D eigenvalue weighted by atomic mass is 35.5. The van der Waals surface area contributed by atoms with Crippen molar-refractivity contribution >= 4 is 52.4 Å². The number of hydrogen-bond acceptors (Lipinski definition) is 6. The van der Waals surface area contributed by atoms with Gasteiger partial charge in [-0.15, -0.1) is 0 Å². The van der Waals surface area contributed by atoms with Crippen molar-refractivity contribution in [1.29, 1.82) is 0 Å². The van der Waals surface area contributed by atoms with Crippen molar-refractivity contribution in [1.82, 2.24) is 10.0 Å². The molecular weight excluding hydrogens is 476 g/mol. The van der Waals surface area contributed by atoms with Crippen molar-refractivity contribution in [2.75, 3.05) is 18.9 Å². The molecule has 3 N–H and O–H groups in total. The molecule has 8 nitrogen and oxygen atoms in total. The summed E-state index contributed by atoms with van der Waals surface area (Å²) >= 11 is 17.0. The lowest BCUT2D eigenvalue weighted by Gasteiger charge is -2.16. The summed E-state index contributed by atoms with van der Waals surface area (Å²) in [6.45, 7) is 3.88. The summed E-state index contributed by atoms with van der Waals surface area (Å²) in [6, 6.07) is 7.46. The number of hydroxylamine groups is 2. The number of carbonyl (C=O) groups excluding carboxylic acids is 1. The Bertz CT molecular complexity index is 991. The van der Waals surface area contributed by atoms with Gasteiger partial charge in [0.25, 0.3) is 5.91 Å². The number of ether oxygens (including phenoxy) is 1. The lowest BCUT2D eigenvalue weighted by atomic mass is 9.95. The molecule has 1 aromatic carbocycles. The second-order valence-corrected chi connectivity index (χ2v) is 8.19. The fraction of sp³-hybridized carbons (Fsp3) is 0.316. The molecule has 0 aliphatic carbocycles. The number of rotatable bonds is 5. The minimum atomic E-state index is -1.25. The zero-order valence-electron chi connectivity index (χ0n) is 16.5. The summed E-state index contributed by atoms with van der Waals surface area (Å²) < 4.78 is 17.5. The van der Waals surface area contributed by atoms with Crippen LogP contribution in [0.3, 0.4) is 0 Å². The van der Waals surface area contributed by atoms with Crippen LogP contribution in [-0.2, 0) is 21.0 Å². The lowest BCUT2D eigenvalue weighted by Crippen LogP contribution is -2.30. The van der Waals surface area contributed by atoms with Gasteiger partial charge in [0.05, 0.1) is 24.3 Å². The molecule has 0 unspecified atom stereocenters. The smallest absolute Gasteiger partial charge is 0.341 e. The van der Waals surface area contributed by atoms with Crippen LogP contribution in [0.5, 0.6) is 5.88 Å². The maximum Gasteiger partial charge on any atom is 0.341 e. The van der Waals surface area contributed by atoms with Crippen molar-refractivity contribution < 1.29 is 28.7 Å². The molecule has 2 aromatic rings. The Kier molecular flexibility index (Phi) is 8.30. The number of carboxylic acids is 1. The molecule has 1 fully saturated rings. The first kappa shape index (κ1) is 24.9. The number of pyridine rings is 1. The molecule has 31 heavy (non-hydrogen) atoms. The maximum atomic E-state index is 12.9. The zero-order valence-corrected chi connectivity index (χ0v) is 18.8. The molecule has 12 heteroatoms. The number of aromatic nitrogens is 1. The van der Waals surface area contributed by atoms with E-state index in [1.807, 2.05) is 38.1 Å². The van der Waals surface area contributed by atoms with Crippen LogP contribution in [0.1, 0.15) is 19.4 Å². The Morgan fingerprint density at radius 2 is 1.97 bits per heavy atom. The van der Waals surface area contributed by atoms with Gasteiger partial charge in [-0.25, -0.2) is 9.86 Å². The second kappa shape index (κ2) is 10.3. The zero-order chi connectivity index (χ0) is 23.3. The Morgan fingerprint density at radius 1 is 1.32 bits per heavy atom. The molecular formula is C19H19Cl3FN3O5. The number of nitrogen functional groups attached to an aromatic ring is 1. The number of halogens is 4. The van der Waals surface area contributed by atoms with E-state index in [-0.39, 0.29) is 16.6 Å². The number of amides is 1. The first-order valence-corrected chi connectivity index (χ1v) is 9.90. The fourth-order valence-electron chi connectivity index (χ4n) is 2.33. The standard InChI is InChI=1S/C12H14ClNO2.C7H5Cl2FN2O3/c1-12(2)8-16-14(11(12)15)7-9-5-3-4-6-10(9)13;8-3-5(11)4(9)7(12-6(3)10)15-1-2(13)14/h3-6H,7-8H2,1-2H3;1H2,(H2,11,12)(H,13,14). The average Bonchev–Trinajstić information content (AvgIpc) is 2.97. The molecule has 0 saturated carbocycles. The Labute approximate surface area is 192 Å². The van der Waals surface area contributed by atoms with E-state index in [2.05, 4.69) is 9.72 Å². The average molecular weight is 495 g/mol. The van der Waals surface area contributed by atoms with Gasteiger partial charge in [-0.1, -0.05) is 53.0 Å². The molecule has 2 heterocycles. The van der Waals surface area contributed by atoms with E-state index in [0.29, 0.717) is 18.2 Å². The maximum absolute atomic E-state index is 12.9. The molecule has 1 aromatic heterocycles. The third kappa shape index (κ3) is 6.33. The fourth-order valence-corrected chi connectivity index (χ4v) is 2.90. The van der Waals surface area contributed by atoms with E-state index < -0.39 is 34.8 Å². The van der Waals surface area contributed by atoms with Crippen LogP contribution in [0.2, 0.25) is 15.1 Å². The lowest BCUT2D eigenvalue weighted by molar-refractivity contribution is -0.165. The summed E-state index contributed by atoms with van der Waals surface area (Å²) in [5, 5.41) is 9.71. The molecule has 3 rings (SSSR count). The SMILES string of the molecule is CC1(C)CON(Cc2ccccc2Cl)C1=O.Nc1c(Cl)c(F)nc(OCC(=O)O)c1Cl. The van der Waals surface area contributed by atoms with E-state index in [9.17, 15) is 14.0 Å². The van der Waals surface area contributed by atoms with Gasteiger partial charge >= 0.3 is 5.97 Å². The number of nitrogens with two attached hydrogens (primary N) is 1. The monoisotopic (exact) mass is 493 g/mol. The first-order chi connectivity index (χ1) is 14.4. The van der Waals surface area contributed by atoms with Crippen molar-refractivity contribution in [3.63, 3.8) is 0 Å². The molecule has 0 spiro atoms. The molecule has 1 amide bonds. The van der Waals surface area contributed by atoms with E-state index >= 15 is 0 Å². The molecule has 0 atom stereocenters. The van der Waals surface area contributed by atoms with E-state index in [1.54, 1.807) is 0 Å². The molecule has 1 aliphatic heterocycles. The number of benzene rings is 1. The van der Waals surface area contributed by atoms with Crippen molar-refractivity contribution in [3.05, 3.63) is 50.8 Å². The van der Waals surface area contributed by atoms with Crippen LogP contribution < -0.4 is 10.5 Å². The van der Waals surface area contributed by atoms with Crippen molar-refractivity contribution in [2.45, 2.75) is 20.4 Å². The number of anilines is 1. The summed E-state index contributed by atoms with van der Waals surface area (Å²) in [6.07, 6.45) is 0. The summed E-state index contributed by atoms with van der Waals surface area (Å²) in [7, 11) is 0. The third-order valence-corrected chi connectivity index (χ3v) is 5.13. The van der Waals surface area contributed by atoms with Crippen LogP contribution in [0.4, 0.5) is 10.1 Å². The number of nitrogens with zero attached hydrogens (tertiary/aromatic N) is 2. The summed E-state index contributed by atoms with van der Waals surface area (Å²) in [4.78, 5) is 30.6. The quantitative estimate of drug-likeness (QED) is 0.598. The summed E-state index contributed by atoms with van der Waals surface area (Å²) in [5.74, 6) is -2.72. The molecule has 1 saturated heterocycles. The van der Waals surface area contributed by atoms with Crippen LogP contribution >= 0.6 is 34.8 Å². The van der Waals surface area contributed by atoms with Gasteiger partial charge in [0.1, 0.15) is 10.0 Å². The van der Waals surface area contributed by atoms with E-state index in [4.69, 9.17) is 50.5 Å². The predicted octanol–water partition coefficient (Wildman–Crippen LogP) is 4.21. The largest absolute Gasteiger partial charge is 0.479 e. The highest BCUT2D eigenvalue weighted by molar-refractivity contribution is 6.39. The van der Waals surface area contributed by atoms with Crippen LogP contribution in [0.15, 0.2) is 24.3 Å². The van der Waals surface area contributed by atoms with Crippen LogP contribution in [0, 0.1) is 11.4 Å². The molecule has 0 radical (unpaired) electrons. The Balaban J connectivity index is 0.000000221. The van der Waals surface area contributed by atoms with Crippen LogP contribution in [0.25, 0.3) is 0 Å². The van der Waals surface area contributed by atoms with E-state index in [0.717, 1.165) is 5.56 Å². The minimum absolute atomic E-state index is 0.00687. The van der Waals surface area contributed by atoms with Crippen molar-refractivity contribution in [2.24, 2.45) is 5.41 Å². The highest BCUT2D eigenvalue weighted by Gasteiger charge is 2.40. The normalized spacial score (nSPS) is 14.8. The highest BCUT2D eigenvalue weighted by Crippen LogP contribution is 2.35. The second-order valence-electron chi connectivity index (χ2n) is 7.02. The van der Waals surface area contributed by atoms with Gasteiger partial charge in [-0.05, 0) is 25.5 Å². The number of aliphatic carboxylic acids is 1. The van der Waals surface area contributed by atoms with E-state index in [1.165, 1.54) is 5.06 Å². The van der Waals surface area contributed by atoms with Gasteiger partial charge in [-0.3, -0.25) is 9.63 Å². The topological polar surface area (TPSA) is 115 Å². The van der Waals surface area contributed by atoms with Crippen molar-refractivity contribution in [3.8, 4) is 5.88 Å². The van der Waals surface area contributed by atoms with Gasteiger partial charge in [-0.2, -0.15) is 9.37 Å². The number of carboxylic acid groups (broad SMARTS) is 1. The number of hydrogen-bond donors (Lipinski definition) is 2. The predicted molar refractivity (Wildman–Crippen MR) is 113 cm³/mol. The molecule has 1 aliphatic rings.